The minimum absolute atomic E-state index is 0.297. The van der Waals surface area contributed by atoms with Crippen LogP contribution in [0.1, 0.15) is 13.8 Å². The largest absolute Gasteiger partial charge is 0.391 e. The highest BCUT2D eigenvalue weighted by Crippen LogP contribution is 2.00. The van der Waals surface area contributed by atoms with Gasteiger partial charge >= 0.3 is 10.1 Å². The van der Waals surface area contributed by atoms with Gasteiger partial charge in [0, 0.05) is 0 Å². The quantitative estimate of drug-likeness (QED) is 0.294. The molecule has 0 aromatic heterocycles. The van der Waals surface area contributed by atoms with E-state index in [1.165, 1.54) is 13.0 Å². The van der Waals surface area contributed by atoms with Gasteiger partial charge in [0.2, 0.25) is 0 Å². The fourth-order valence-corrected chi connectivity index (χ4v) is 2.20. The van der Waals surface area contributed by atoms with Crippen LogP contribution in [0.25, 0.3) is 0 Å². The zero-order chi connectivity index (χ0) is 14.9. The average molecular weight is 312 g/mol. The van der Waals surface area contributed by atoms with Crippen molar-refractivity contribution in [3.63, 3.8) is 0 Å². The molecule has 0 spiro atoms. The van der Waals surface area contributed by atoms with E-state index in [4.69, 9.17) is 9.29 Å². The minimum atomic E-state index is -4.24. The van der Waals surface area contributed by atoms with E-state index in [2.05, 4.69) is 16.0 Å². The van der Waals surface area contributed by atoms with Crippen molar-refractivity contribution in [2.24, 2.45) is 0 Å². The second-order valence-electron chi connectivity index (χ2n) is 3.33. The summed E-state index contributed by atoms with van der Waals surface area (Å²) in [4.78, 5) is 0. The van der Waals surface area contributed by atoms with Gasteiger partial charge in [-0.1, -0.05) is 12.0 Å². The van der Waals surface area contributed by atoms with Gasteiger partial charge in [0.05, 0.1) is 6.61 Å². The van der Waals surface area contributed by atoms with E-state index in [-0.39, 0.29) is 6.61 Å². The van der Waals surface area contributed by atoms with Crippen LogP contribution in [0.3, 0.4) is 0 Å². The molecule has 0 aliphatic heterocycles. The smallest absolute Gasteiger partial charge is 0.310 e. The van der Waals surface area contributed by atoms with Gasteiger partial charge in [-0.3, -0.25) is 4.55 Å². The highest BCUT2D eigenvalue weighted by atomic mass is 32.2. The first-order valence-electron chi connectivity index (χ1n) is 5.21. The fourth-order valence-electron chi connectivity index (χ4n) is 0.964. The topological polar surface area (TPSA) is 107 Å². The standard InChI is InChI=1S/C10H16O7S2/c1-3-5-10(9-18(11,12)13)16-7-8-19(14,15)17-6-4-2/h4,6,10H,7-9H2,1-2H3,(H,11,12,13). The van der Waals surface area contributed by atoms with Gasteiger partial charge in [-0.15, -0.1) is 5.92 Å². The maximum atomic E-state index is 11.3. The third-order valence-corrected chi connectivity index (χ3v) is 3.45. The molecule has 1 atom stereocenters. The molecule has 0 aliphatic carbocycles. The SMILES string of the molecule is CC#CC(CS(=O)(=O)O)OCCS(=O)(=O)OC=CC. The van der Waals surface area contributed by atoms with Gasteiger partial charge in [0.1, 0.15) is 23.9 Å². The molecule has 1 N–H and O–H groups in total. The number of hydrogen-bond acceptors (Lipinski definition) is 6. The Bertz CT molecular complexity index is 548. The molecule has 0 radical (unpaired) electrons. The monoisotopic (exact) mass is 312 g/mol. The highest BCUT2D eigenvalue weighted by Gasteiger charge is 2.17. The first-order valence-corrected chi connectivity index (χ1v) is 8.40. The van der Waals surface area contributed by atoms with E-state index in [1.807, 2.05) is 0 Å². The van der Waals surface area contributed by atoms with E-state index in [1.54, 1.807) is 6.92 Å². The molecule has 0 saturated carbocycles. The Balaban J connectivity index is 4.38. The molecule has 0 heterocycles. The van der Waals surface area contributed by atoms with Crippen LogP contribution < -0.4 is 0 Å². The second kappa shape index (κ2) is 8.16. The van der Waals surface area contributed by atoms with Crippen LogP contribution in [-0.2, 0) is 29.2 Å². The van der Waals surface area contributed by atoms with Crippen molar-refractivity contribution in [1.82, 2.24) is 0 Å². The van der Waals surface area contributed by atoms with Crippen LogP contribution in [0.5, 0.6) is 0 Å². The lowest BCUT2D eigenvalue weighted by Gasteiger charge is -2.10. The maximum absolute atomic E-state index is 11.3. The summed E-state index contributed by atoms with van der Waals surface area (Å²) >= 11 is 0. The predicted molar refractivity (Wildman–Crippen MR) is 69.3 cm³/mol. The molecule has 0 amide bonds. The van der Waals surface area contributed by atoms with Crippen molar-refractivity contribution in [3.05, 3.63) is 12.3 Å². The Morgan fingerprint density at radius 3 is 2.42 bits per heavy atom. The van der Waals surface area contributed by atoms with Gasteiger partial charge in [0.15, 0.2) is 0 Å². The number of allylic oxidation sites excluding steroid dienone is 1. The van der Waals surface area contributed by atoms with Crippen molar-refractivity contribution in [3.8, 4) is 11.8 Å². The molecule has 0 bridgehead atoms. The van der Waals surface area contributed by atoms with Crippen molar-refractivity contribution < 1.29 is 30.3 Å². The summed E-state index contributed by atoms with van der Waals surface area (Å²) < 4.78 is 61.9. The molecule has 19 heavy (non-hydrogen) atoms. The molecule has 0 fully saturated rings. The maximum Gasteiger partial charge on any atom is 0.310 e. The van der Waals surface area contributed by atoms with E-state index < -0.39 is 37.8 Å². The van der Waals surface area contributed by atoms with Gasteiger partial charge in [0.25, 0.3) is 10.1 Å². The third-order valence-electron chi connectivity index (χ3n) is 1.66. The summed E-state index contributed by atoms with van der Waals surface area (Å²) in [5.41, 5.74) is 0. The summed E-state index contributed by atoms with van der Waals surface area (Å²) in [5.74, 6) is 3.67. The molecule has 0 aromatic carbocycles. The molecule has 110 valence electrons. The molecular formula is C10H16O7S2. The van der Waals surface area contributed by atoms with Crippen LogP contribution in [0.4, 0.5) is 0 Å². The van der Waals surface area contributed by atoms with Crippen molar-refractivity contribution in [2.75, 3.05) is 18.1 Å². The van der Waals surface area contributed by atoms with Gasteiger partial charge in [-0.25, -0.2) is 0 Å². The predicted octanol–water partition coefficient (Wildman–Crippen LogP) is 0.163. The minimum Gasteiger partial charge on any atom is -0.391 e. The van der Waals surface area contributed by atoms with Crippen LogP contribution in [-0.4, -0.2) is 45.6 Å². The summed E-state index contributed by atoms with van der Waals surface area (Å²) in [6.45, 7) is 2.76. The Kier molecular flexibility index (Phi) is 7.70. The van der Waals surface area contributed by atoms with E-state index >= 15 is 0 Å². The first-order chi connectivity index (χ1) is 8.70. The molecule has 1 unspecified atom stereocenters. The average Bonchev–Trinajstić information content (AvgIpc) is 2.24. The molecule has 0 aromatic rings. The Morgan fingerprint density at radius 2 is 1.95 bits per heavy atom. The fraction of sp³-hybridized carbons (Fsp3) is 0.600. The Morgan fingerprint density at radius 1 is 1.32 bits per heavy atom. The lowest BCUT2D eigenvalue weighted by molar-refractivity contribution is 0.117. The lowest BCUT2D eigenvalue weighted by Crippen LogP contribution is -2.25. The van der Waals surface area contributed by atoms with Crippen LogP contribution in [0.2, 0.25) is 0 Å². The Labute approximate surface area is 113 Å². The first kappa shape index (κ1) is 17.9. The van der Waals surface area contributed by atoms with Crippen LogP contribution in [0, 0.1) is 11.8 Å². The highest BCUT2D eigenvalue weighted by molar-refractivity contribution is 7.86. The molecule has 7 nitrogen and oxygen atoms in total. The van der Waals surface area contributed by atoms with Crippen LogP contribution in [0.15, 0.2) is 12.3 Å². The third kappa shape index (κ3) is 10.5. The number of hydrogen-bond donors (Lipinski definition) is 1. The molecule has 0 rings (SSSR count). The molecule has 9 heteroatoms. The van der Waals surface area contributed by atoms with Gasteiger partial charge in [-0.2, -0.15) is 16.8 Å². The van der Waals surface area contributed by atoms with E-state index in [9.17, 15) is 16.8 Å². The van der Waals surface area contributed by atoms with Crippen molar-refractivity contribution in [1.29, 1.82) is 0 Å². The number of ether oxygens (including phenoxy) is 1. The summed E-state index contributed by atoms with van der Waals surface area (Å²) in [6.07, 6.45) is 1.33. The lowest BCUT2D eigenvalue weighted by atomic mass is 10.4. The van der Waals surface area contributed by atoms with Gasteiger partial charge in [-0.05, 0) is 13.8 Å². The van der Waals surface area contributed by atoms with Gasteiger partial charge < -0.3 is 8.92 Å². The molecule has 0 saturated heterocycles. The Hall–Kier alpha value is -1.08. The zero-order valence-electron chi connectivity index (χ0n) is 10.6. The molecular weight excluding hydrogens is 296 g/mol. The summed E-state index contributed by atoms with van der Waals surface area (Å²) in [7, 11) is -8.01. The van der Waals surface area contributed by atoms with E-state index in [0.29, 0.717) is 0 Å². The van der Waals surface area contributed by atoms with Crippen LogP contribution >= 0.6 is 0 Å². The van der Waals surface area contributed by atoms with Crippen molar-refractivity contribution in [2.45, 2.75) is 20.0 Å². The zero-order valence-corrected chi connectivity index (χ0v) is 12.2. The normalized spacial score (nSPS) is 13.8. The second-order valence-corrected chi connectivity index (χ2v) is 6.54. The summed E-state index contributed by atoms with van der Waals surface area (Å²) in [6, 6.07) is 0. The molecule has 0 aliphatic rings. The number of rotatable bonds is 8. The van der Waals surface area contributed by atoms with E-state index in [0.717, 1.165) is 6.26 Å². The summed E-state index contributed by atoms with van der Waals surface area (Å²) in [5, 5.41) is 0. The van der Waals surface area contributed by atoms with Crippen molar-refractivity contribution >= 4 is 20.2 Å².